The van der Waals surface area contributed by atoms with Gasteiger partial charge >= 0.3 is 6.03 Å². The molecule has 0 bridgehead atoms. The van der Waals surface area contributed by atoms with E-state index in [1.54, 1.807) is 14.0 Å². The van der Waals surface area contributed by atoms with Gasteiger partial charge in [-0.15, -0.1) is 0 Å². The van der Waals surface area contributed by atoms with Crippen LogP contribution in [0.3, 0.4) is 0 Å². The van der Waals surface area contributed by atoms with Crippen molar-refractivity contribution in [3.8, 4) is 5.75 Å². The third-order valence-electron chi connectivity index (χ3n) is 2.38. The highest BCUT2D eigenvalue weighted by molar-refractivity contribution is 5.96. The van der Waals surface area contributed by atoms with Gasteiger partial charge in [0.05, 0.1) is 19.3 Å². The van der Waals surface area contributed by atoms with Crippen molar-refractivity contribution in [1.29, 1.82) is 0 Å². The van der Waals surface area contributed by atoms with E-state index < -0.39 is 11.9 Å². The number of urea groups is 1. The average molecular weight is 265 g/mol. The van der Waals surface area contributed by atoms with Gasteiger partial charge in [0, 0.05) is 6.54 Å². The lowest BCUT2D eigenvalue weighted by molar-refractivity contribution is -0.118. The van der Waals surface area contributed by atoms with E-state index in [0.717, 1.165) is 5.56 Å². The van der Waals surface area contributed by atoms with Gasteiger partial charge in [-0.05, 0) is 31.5 Å². The summed E-state index contributed by atoms with van der Waals surface area (Å²) >= 11 is 0. The van der Waals surface area contributed by atoms with Gasteiger partial charge in [-0.25, -0.2) is 4.79 Å². The maximum Gasteiger partial charge on any atom is 0.321 e. The summed E-state index contributed by atoms with van der Waals surface area (Å²) in [7, 11) is 1.56. The van der Waals surface area contributed by atoms with Crippen LogP contribution in [-0.4, -0.2) is 32.1 Å². The summed E-state index contributed by atoms with van der Waals surface area (Å²) in [4.78, 5) is 22.7. The molecule has 0 atom stereocenters. The number of aryl methyl sites for hydroxylation is 1. The van der Waals surface area contributed by atoms with Crippen LogP contribution in [-0.2, 0) is 4.79 Å². The molecule has 0 aliphatic carbocycles. The molecule has 0 aliphatic rings. The number of imide groups is 1. The molecule has 0 aromatic heterocycles. The second kappa shape index (κ2) is 7.25. The Morgan fingerprint density at radius 1 is 1.32 bits per heavy atom. The summed E-state index contributed by atoms with van der Waals surface area (Å²) in [6, 6.07) is 5.11. The van der Waals surface area contributed by atoms with E-state index in [4.69, 9.17) is 4.74 Å². The minimum Gasteiger partial charge on any atom is -0.495 e. The molecular formula is C13H19N3O3. The van der Waals surface area contributed by atoms with E-state index in [2.05, 4.69) is 16.0 Å². The van der Waals surface area contributed by atoms with Crippen molar-refractivity contribution in [2.24, 2.45) is 0 Å². The Bertz CT molecular complexity index is 460. The molecule has 0 aliphatic heterocycles. The molecule has 6 nitrogen and oxygen atoms in total. The lowest BCUT2D eigenvalue weighted by Crippen LogP contribution is -2.41. The lowest BCUT2D eigenvalue weighted by Gasteiger charge is -2.11. The second-order valence-corrected chi connectivity index (χ2v) is 3.96. The van der Waals surface area contributed by atoms with Crippen LogP contribution in [0, 0.1) is 6.92 Å². The molecule has 104 valence electrons. The summed E-state index contributed by atoms with van der Waals surface area (Å²) in [5.41, 5.74) is 1.76. The topological polar surface area (TPSA) is 79.5 Å². The second-order valence-electron chi connectivity index (χ2n) is 3.96. The number of rotatable bonds is 5. The maximum absolute atomic E-state index is 11.5. The molecule has 0 saturated carbocycles. The standard InChI is InChI=1S/C13H19N3O3/c1-4-14-13(18)16-12(17)8-15-10-7-9(2)5-6-11(10)19-3/h5-7,15H,4,8H2,1-3H3,(H2,14,16,17,18). The highest BCUT2D eigenvalue weighted by Gasteiger charge is 2.08. The number of amides is 3. The first-order valence-corrected chi connectivity index (χ1v) is 6.03. The zero-order valence-electron chi connectivity index (χ0n) is 11.4. The Hall–Kier alpha value is -2.24. The number of nitrogens with one attached hydrogen (secondary N) is 3. The number of hydrogen-bond acceptors (Lipinski definition) is 4. The molecule has 0 radical (unpaired) electrons. The number of hydrogen-bond donors (Lipinski definition) is 3. The Morgan fingerprint density at radius 2 is 2.05 bits per heavy atom. The molecule has 3 amide bonds. The molecule has 0 unspecified atom stereocenters. The van der Waals surface area contributed by atoms with Crippen LogP contribution in [0.5, 0.6) is 5.75 Å². The lowest BCUT2D eigenvalue weighted by atomic mass is 10.2. The largest absolute Gasteiger partial charge is 0.495 e. The molecule has 1 rings (SSSR count). The predicted octanol–water partition coefficient (Wildman–Crippen LogP) is 1.26. The third-order valence-corrected chi connectivity index (χ3v) is 2.38. The Balaban J connectivity index is 2.54. The van der Waals surface area contributed by atoms with Crippen LogP contribution in [0.25, 0.3) is 0 Å². The van der Waals surface area contributed by atoms with Crippen molar-refractivity contribution in [1.82, 2.24) is 10.6 Å². The van der Waals surface area contributed by atoms with Gasteiger partial charge in [0.2, 0.25) is 5.91 Å². The van der Waals surface area contributed by atoms with Gasteiger partial charge in [-0.3, -0.25) is 10.1 Å². The first kappa shape index (κ1) is 14.8. The number of carbonyl (C=O) groups excluding carboxylic acids is 2. The van der Waals surface area contributed by atoms with Gasteiger partial charge in [-0.1, -0.05) is 6.07 Å². The van der Waals surface area contributed by atoms with Gasteiger partial charge in [-0.2, -0.15) is 0 Å². The summed E-state index contributed by atoms with van der Waals surface area (Å²) in [6.07, 6.45) is 0. The van der Waals surface area contributed by atoms with Crippen LogP contribution in [0.15, 0.2) is 18.2 Å². The van der Waals surface area contributed by atoms with E-state index in [0.29, 0.717) is 18.0 Å². The van der Waals surface area contributed by atoms with Crippen LogP contribution < -0.4 is 20.7 Å². The molecule has 1 aromatic carbocycles. The minimum absolute atomic E-state index is 0.00303. The van der Waals surface area contributed by atoms with Gasteiger partial charge in [0.1, 0.15) is 5.75 Å². The van der Waals surface area contributed by atoms with E-state index in [-0.39, 0.29) is 6.54 Å². The first-order chi connectivity index (χ1) is 9.06. The molecule has 0 fully saturated rings. The Morgan fingerprint density at radius 3 is 2.68 bits per heavy atom. The number of ether oxygens (including phenoxy) is 1. The number of methoxy groups -OCH3 is 1. The smallest absolute Gasteiger partial charge is 0.321 e. The van der Waals surface area contributed by atoms with Gasteiger partial charge in [0.25, 0.3) is 0 Å². The molecule has 19 heavy (non-hydrogen) atoms. The maximum atomic E-state index is 11.5. The Kier molecular flexibility index (Phi) is 5.66. The van der Waals surface area contributed by atoms with Crippen LogP contribution >= 0.6 is 0 Å². The summed E-state index contributed by atoms with van der Waals surface area (Å²) in [5, 5.41) is 7.63. The number of carbonyl (C=O) groups is 2. The number of benzene rings is 1. The zero-order chi connectivity index (χ0) is 14.3. The van der Waals surface area contributed by atoms with Gasteiger partial charge < -0.3 is 15.4 Å². The molecule has 6 heteroatoms. The summed E-state index contributed by atoms with van der Waals surface area (Å²) in [5.74, 6) is 0.242. The molecule has 0 heterocycles. The fraction of sp³-hybridized carbons (Fsp3) is 0.385. The fourth-order valence-corrected chi connectivity index (χ4v) is 1.51. The summed E-state index contributed by atoms with van der Waals surface area (Å²) in [6.45, 7) is 4.19. The number of anilines is 1. The van der Waals surface area contributed by atoms with Crippen molar-refractivity contribution in [3.63, 3.8) is 0 Å². The fourth-order valence-electron chi connectivity index (χ4n) is 1.51. The van der Waals surface area contributed by atoms with Crippen molar-refractivity contribution >= 4 is 17.6 Å². The Labute approximate surface area is 112 Å². The molecule has 0 spiro atoms. The predicted molar refractivity (Wildman–Crippen MR) is 73.4 cm³/mol. The van der Waals surface area contributed by atoms with E-state index in [1.807, 2.05) is 25.1 Å². The minimum atomic E-state index is -0.495. The molecule has 0 saturated heterocycles. The average Bonchev–Trinajstić information content (AvgIpc) is 2.36. The molecular weight excluding hydrogens is 246 g/mol. The van der Waals surface area contributed by atoms with Gasteiger partial charge in [0.15, 0.2) is 0 Å². The van der Waals surface area contributed by atoms with E-state index in [9.17, 15) is 9.59 Å². The van der Waals surface area contributed by atoms with Crippen LogP contribution in [0.1, 0.15) is 12.5 Å². The highest BCUT2D eigenvalue weighted by atomic mass is 16.5. The normalized spacial score (nSPS) is 9.63. The molecule has 1 aromatic rings. The SMILES string of the molecule is CCNC(=O)NC(=O)CNc1cc(C)ccc1OC. The van der Waals surface area contributed by atoms with Crippen molar-refractivity contribution in [2.45, 2.75) is 13.8 Å². The third kappa shape index (κ3) is 4.87. The van der Waals surface area contributed by atoms with Crippen molar-refractivity contribution in [3.05, 3.63) is 23.8 Å². The quantitative estimate of drug-likeness (QED) is 0.749. The monoisotopic (exact) mass is 265 g/mol. The van der Waals surface area contributed by atoms with E-state index >= 15 is 0 Å². The zero-order valence-corrected chi connectivity index (χ0v) is 11.4. The van der Waals surface area contributed by atoms with Crippen LogP contribution in [0.4, 0.5) is 10.5 Å². The first-order valence-electron chi connectivity index (χ1n) is 6.03. The highest BCUT2D eigenvalue weighted by Crippen LogP contribution is 2.24. The van der Waals surface area contributed by atoms with E-state index in [1.165, 1.54) is 0 Å². The van der Waals surface area contributed by atoms with Crippen LogP contribution in [0.2, 0.25) is 0 Å². The van der Waals surface area contributed by atoms with Crippen molar-refractivity contribution in [2.75, 3.05) is 25.5 Å². The molecule has 3 N–H and O–H groups in total. The van der Waals surface area contributed by atoms with Crippen molar-refractivity contribution < 1.29 is 14.3 Å². The summed E-state index contributed by atoms with van der Waals surface area (Å²) < 4.78 is 5.18.